The SMILES string of the molecule is CCCNc1ncc(C)c(-c2cc(F)c(F)c(F)c2)n1. The molecule has 0 atom stereocenters. The van der Waals surface area contributed by atoms with Gasteiger partial charge < -0.3 is 5.32 Å². The number of hydrogen-bond acceptors (Lipinski definition) is 3. The molecule has 6 heteroatoms. The van der Waals surface area contributed by atoms with E-state index < -0.39 is 17.5 Å². The number of benzene rings is 1. The molecule has 0 aliphatic heterocycles. The van der Waals surface area contributed by atoms with Crippen LogP contribution in [0, 0.1) is 24.4 Å². The summed E-state index contributed by atoms with van der Waals surface area (Å²) in [4.78, 5) is 8.29. The van der Waals surface area contributed by atoms with Gasteiger partial charge in [0, 0.05) is 18.3 Å². The standard InChI is InChI=1S/C14H14F3N3/c1-3-4-18-14-19-7-8(2)13(20-14)9-5-10(15)12(17)11(16)6-9/h5-7H,3-4H2,1-2H3,(H,18,19,20). The van der Waals surface area contributed by atoms with Crippen molar-refractivity contribution in [3.8, 4) is 11.3 Å². The fraction of sp³-hybridized carbons (Fsp3) is 0.286. The van der Waals surface area contributed by atoms with Gasteiger partial charge in [-0.3, -0.25) is 0 Å². The quantitative estimate of drug-likeness (QED) is 0.868. The van der Waals surface area contributed by atoms with Crippen LogP contribution >= 0.6 is 0 Å². The Morgan fingerprint density at radius 3 is 2.40 bits per heavy atom. The summed E-state index contributed by atoms with van der Waals surface area (Å²) < 4.78 is 39.6. The van der Waals surface area contributed by atoms with Crippen LogP contribution in [0.15, 0.2) is 18.3 Å². The predicted octanol–water partition coefficient (Wildman–Crippen LogP) is 3.69. The van der Waals surface area contributed by atoms with E-state index in [1.54, 1.807) is 13.1 Å². The van der Waals surface area contributed by atoms with Crippen molar-refractivity contribution in [2.45, 2.75) is 20.3 Å². The summed E-state index contributed by atoms with van der Waals surface area (Å²) in [6.45, 7) is 4.40. The van der Waals surface area contributed by atoms with E-state index in [1.165, 1.54) is 0 Å². The third kappa shape index (κ3) is 2.89. The topological polar surface area (TPSA) is 37.8 Å². The van der Waals surface area contributed by atoms with E-state index in [1.807, 2.05) is 6.92 Å². The van der Waals surface area contributed by atoms with Crippen LogP contribution in [0.1, 0.15) is 18.9 Å². The Hall–Kier alpha value is -2.11. The molecule has 1 heterocycles. The first-order valence-electron chi connectivity index (χ1n) is 6.25. The minimum Gasteiger partial charge on any atom is -0.354 e. The van der Waals surface area contributed by atoms with Gasteiger partial charge in [0.25, 0.3) is 0 Å². The van der Waals surface area contributed by atoms with Gasteiger partial charge in [0.1, 0.15) is 0 Å². The highest BCUT2D eigenvalue weighted by Crippen LogP contribution is 2.25. The smallest absolute Gasteiger partial charge is 0.223 e. The number of hydrogen-bond donors (Lipinski definition) is 1. The average Bonchev–Trinajstić information content (AvgIpc) is 2.43. The summed E-state index contributed by atoms with van der Waals surface area (Å²) in [5.41, 5.74) is 1.20. The fourth-order valence-electron chi connectivity index (χ4n) is 1.75. The molecule has 0 spiro atoms. The number of nitrogens with zero attached hydrogens (tertiary/aromatic N) is 2. The fourth-order valence-corrected chi connectivity index (χ4v) is 1.75. The minimum atomic E-state index is -1.48. The van der Waals surface area contributed by atoms with Gasteiger partial charge in [0.05, 0.1) is 5.69 Å². The maximum absolute atomic E-state index is 13.3. The lowest BCUT2D eigenvalue weighted by Crippen LogP contribution is -2.06. The first-order chi connectivity index (χ1) is 9.52. The van der Waals surface area contributed by atoms with Crippen LogP contribution in [-0.2, 0) is 0 Å². The second-order valence-corrected chi connectivity index (χ2v) is 4.41. The van der Waals surface area contributed by atoms with E-state index in [0.29, 0.717) is 23.8 Å². The highest BCUT2D eigenvalue weighted by atomic mass is 19.2. The number of halogens is 3. The second kappa shape index (κ2) is 5.90. The summed E-state index contributed by atoms with van der Waals surface area (Å²) in [5, 5.41) is 2.99. The normalized spacial score (nSPS) is 10.7. The second-order valence-electron chi connectivity index (χ2n) is 4.41. The molecular formula is C14H14F3N3. The predicted molar refractivity (Wildman–Crippen MR) is 70.9 cm³/mol. The third-order valence-electron chi connectivity index (χ3n) is 2.76. The molecule has 0 aliphatic carbocycles. The molecular weight excluding hydrogens is 267 g/mol. The lowest BCUT2D eigenvalue weighted by atomic mass is 10.1. The number of aromatic nitrogens is 2. The molecule has 0 unspecified atom stereocenters. The molecule has 0 radical (unpaired) electrons. The Labute approximate surface area is 114 Å². The molecule has 0 fully saturated rings. The molecule has 106 valence electrons. The Balaban J connectivity index is 2.46. The van der Waals surface area contributed by atoms with Gasteiger partial charge in [-0.25, -0.2) is 23.1 Å². The number of nitrogens with one attached hydrogen (secondary N) is 1. The van der Waals surface area contributed by atoms with E-state index in [9.17, 15) is 13.2 Å². The van der Waals surface area contributed by atoms with Gasteiger partial charge in [-0.15, -0.1) is 0 Å². The Morgan fingerprint density at radius 1 is 1.15 bits per heavy atom. The highest BCUT2D eigenvalue weighted by molar-refractivity contribution is 5.63. The summed E-state index contributed by atoms with van der Waals surface area (Å²) in [6, 6.07) is 1.86. The molecule has 1 aromatic carbocycles. The average molecular weight is 281 g/mol. The van der Waals surface area contributed by atoms with Gasteiger partial charge in [-0.2, -0.15) is 0 Å². The van der Waals surface area contributed by atoms with Crippen LogP contribution in [0.3, 0.4) is 0 Å². The van der Waals surface area contributed by atoms with E-state index in [4.69, 9.17) is 0 Å². The zero-order valence-electron chi connectivity index (χ0n) is 11.2. The van der Waals surface area contributed by atoms with Crippen molar-refractivity contribution in [1.29, 1.82) is 0 Å². The maximum atomic E-state index is 13.3. The van der Waals surface area contributed by atoms with Crippen molar-refractivity contribution < 1.29 is 13.2 Å². The zero-order chi connectivity index (χ0) is 14.7. The largest absolute Gasteiger partial charge is 0.354 e. The van der Waals surface area contributed by atoms with Crippen molar-refractivity contribution in [1.82, 2.24) is 9.97 Å². The van der Waals surface area contributed by atoms with Crippen LogP contribution in [0.2, 0.25) is 0 Å². The first-order valence-corrected chi connectivity index (χ1v) is 6.25. The van der Waals surface area contributed by atoms with Gasteiger partial charge in [-0.1, -0.05) is 6.92 Å². The Bertz CT molecular complexity index is 606. The zero-order valence-corrected chi connectivity index (χ0v) is 11.2. The molecule has 0 saturated heterocycles. The maximum Gasteiger partial charge on any atom is 0.223 e. The summed E-state index contributed by atoms with van der Waals surface area (Å²) in [7, 11) is 0. The Morgan fingerprint density at radius 2 is 1.80 bits per heavy atom. The van der Waals surface area contributed by atoms with Crippen molar-refractivity contribution in [2.75, 3.05) is 11.9 Å². The molecule has 1 N–H and O–H groups in total. The van der Waals surface area contributed by atoms with Gasteiger partial charge >= 0.3 is 0 Å². The van der Waals surface area contributed by atoms with Crippen LogP contribution in [0.5, 0.6) is 0 Å². The van der Waals surface area contributed by atoms with Crippen LogP contribution < -0.4 is 5.32 Å². The number of aryl methyl sites for hydroxylation is 1. The third-order valence-corrected chi connectivity index (χ3v) is 2.76. The monoisotopic (exact) mass is 281 g/mol. The number of anilines is 1. The van der Waals surface area contributed by atoms with Crippen molar-refractivity contribution in [3.05, 3.63) is 41.3 Å². The van der Waals surface area contributed by atoms with E-state index in [0.717, 1.165) is 18.6 Å². The summed E-state index contributed by atoms with van der Waals surface area (Å²) in [5.74, 6) is -3.58. The molecule has 2 aromatic rings. The Kier molecular flexibility index (Phi) is 4.22. The molecule has 1 aromatic heterocycles. The first kappa shape index (κ1) is 14.3. The molecule has 0 bridgehead atoms. The van der Waals surface area contributed by atoms with Crippen LogP contribution in [-0.4, -0.2) is 16.5 Å². The van der Waals surface area contributed by atoms with Gasteiger partial charge in [0.2, 0.25) is 5.95 Å². The van der Waals surface area contributed by atoms with Gasteiger partial charge in [0.15, 0.2) is 17.5 Å². The number of rotatable bonds is 4. The van der Waals surface area contributed by atoms with Crippen molar-refractivity contribution in [3.63, 3.8) is 0 Å². The lowest BCUT2D eigenvalue weighted by molar-refractivity contribution is 0.447. The van der Waals surface area contributed by atoms with Crippen molar-refractivity contribution >= 4 is 5.95 Å². The van der Waals surface area contributed by atoms with Crippen LogP contribution in [0.25, 0.3) is 11.3 Å². The molecule has 0 amide bonds. The van der Waals surface area contributed by atoms with Crippen molar-refractivity contribution in [2.24, 2.45) is 0 Å². The van der Waals surface area contributed by atoms with E-state index in [-0.39, 0.29) is 5.56 Å². The summed E-state index contributed by atoms with van der Waals surface area (Å²) >= 11 is 0. The minimum absolute atomic E-state index is 0.181. The molecule has 3 nitrogen and oxygen atoms in total. The molecule has 0 aliphatic rings. The summed E-state index contributed by atoms with van der Waals surface area (Å²) in [6.07, 6.45) is 2.45. The molecule has 20 heavy (non-hydrogen) atoms. The lowest BCUT2D eigenvalue weighted by Gasteiger charge is -2.09. The van der Waals surface area contributed by atoms with E-state index >= 15 is 0 Å². The highest BCUT2D eigenvalue weighted by Gasteiger charge is 2.14. The van der Waals surface area contributed by atoms with E-state index in [2.05, 4.69) is 15.3 Å². The van der Waals surface area contributed by atoms with Gasteiger partial charge in [-0.05, 0) is 31.0 Å². The molecule has 0 saturated carbocycles. The molecule has 2 rings (SSSR count). The van der Waals surface area contributed by atoms with Crippen LogP contribution in [0.4, 0.5) is 19.1 Å².